The fourth-order valence-electron chi connectivity index (χ4n) is 2.70. The molecule has 0 saturated carbocycles. The molecule has 3 aromatic rings. The van der Waals surface area contributed by atoms with Crippen molar-refractivity contribution in [3.63, 3.8) is 0 Å². The van der Waals surface area contributed by atoms with Crippen LogP contribution in [0.25, 0.3) is 11.0 Å². The number of sulfonamides is 1. The summed E-state index contributed by atoms with van der Waals surface area (Å²) in [6, 6.07) is 6.91. The number of anilines is 1. The number of fused-ring (bicyclic) bond motifs is 1. The summed E-state index contributed by atoms with van der Waals surface area (Å²) in [6.45, 7) is 0. The Kier molecular flexibility index (Phi) is 5.27. The predicted octanol–water partition coefficient (Wildman–Crippen LogP) is 1.28. The number of carboxylic acids is 1. The fraction of sp³-hybridized carbons (Fsp3) is 0.176. The van der Waals surface area contributed by atoms with Crippen molar-refractivity contribution in [1.29, 1.82) is 0 Å². The zero-order chi connectivity index (χ0) is 20.3. The van der Waals surface area contributed by atoms with E-state index >= 15 is 0 Å². The summed E-state index contributed by atoms with van der Waals surface area (Å²) in [5.74, 6) is -1.64. The molecule has 1 amide bonds. The SMILES string of the molecule is CS(=O)(=O)Nc1ccc([C@@H](CC(=O)O)NC(=O)c2ncnc3[nH]ccc23)cc1. The van der Waals surface area contributed by atoms with Crippen LogP contribution in [0.1, 0.15) is 28.5 Å². The lowest BCUT2D eigenvalue weighted by Crippen LogP contribution is -2.31. The molecule has 0 aliphatic heterocycles. The average Bonchev–Trinajstić information content (AvgIpc) is 3.08. The van der Waals surface area contributed by atoms with Crippen molar-refractivity contribution in [2.75, 3.05) is 11.0 Å². The highest BCUT2D eigenvalue weighted by atomic mass is 32.2. The van der Waals surface area contributed by atoms with Gasteiger partial charge in [-0.2, -0.15) is 0 Å². The van der Waals surface area contributed by atoms with E-state index in [2.05, 4.69) is 25.0 Å². The topological polar surface area (TPSA) is 154 Å². The molecule has 0 aliphatic rings. The van der Waals surface area contributed by atoms with E-state index in [1.807, 2.05) is 0 Å². The molecule has 0 bridgehead atoms. The molecule has 10 nitrogen and oxygen atoms in total. The summed E-state index contributed by atoms with van der Waals surface area (Å²) in [7, 11) is -3.43. The number of aromatic amines is 1. The van der Waals surface area contributed by atoms with Crippen LogP contribution < -0.4 is 10.0 Å². The molecule has 11 heteroatoms. The van der Waals surface area contributed by atoms with Crippen molar-refractivity contribution in [3.05, 3.63) is 54.1 Å². The molecule has 3 rings (SSSR count). The van der Waals surface area contributed by atoms with E-state index in [9.17, 15) is 23.1 Å². The lowest BCUT2D eigenvalue weighted by molar-refractivity contribution is -0.137. The van der Waals surface area contributed by atoms with Crippen molar-refractivity contribution in [3.8, 4) is 0 Å². The monoisotopic (exact) mass is 403 g/mol. The molecule has 28 heavy (non-hydrogen) atoms. The molecule has 0 aliphatic carbocycles. The zero-order valence-electron chi connectivity index (χ0n) is 14.7. The number of nitrogens with one attached hydrogen (secondary N) is 3. The van der Waals surface area contributed by atoms with Crippen LogP contribution in [-0.2, 0) is 14.8 Å². The van der Waals surface area contributed by atoms with Crippen molar-refractivity contribution in [1.82, 2.24) is 20.3 Å². The maximum atomic E-state index is 12.7. The second kappa shape index (κ2) is 7.64. The summed E-state index contributed by atoms with van der Waals surface area (Å²) in [4.78, 5) is 34.8. The molecule has 2 aromatic heterocycles. The van der Waals surface area contributed by atoms with Gasteiger partial charge in [0.25, 0.3) is 5.91 Å². The Bertz CT molecular complexity index is 1120. The number of benzene rings is 1. The van der Waals surface area contributed by atoms with Gasteiger partial charge in [0.15, 0.2) is 0 Å². The van der Waals surface area contributed by atoms with Crippen LogP contribution in [0.3, 0.4) is 0 Å². The molecule has 1 atom stereocenters. The van der Waals surface area contributed by atoms with Gasteiger partial charge in [0.2, 0.25) is 10.0 Å². The van der Waals surface area contributed by atoms with Gasteiger partial charge in [-0.3, -0.25) is 14.3 Å². The molecule has 0 radical (unpaired) electrons. The smallest absolute Gasteiger partial charge is 0.305 e. The van der Waals surface area contributed by atoms with Crippen LogP contribution in [0.4, 0.5) is 5.69 Å². The minimum absolute atomic E-state index is 0.122. The number of rotatable bonds is 7. The number of H-pyrrole nitrogens is 1. The Morgan fingerprint density at radius 3 is 2.54 bits per heavy atom. The summed E-state index contributed by atoms with van der Waals surface area (Å²) in [5, 5.41) is 12.4. The van der Waals surface area contributed by atoms with Gasteiger partial charge in [-0.05, 0) is 23.8 Å². The Hall–Kier alpha value is -3.47. The highest BCUT2D eigenvalue weighted by molar-refractivity contribution is 7.92. The number of carboxylic acid groups (broad SMARTS) is 1. The summed E-state index contributed by atoms with van der Waals surface area (Å²) >= 11 is 0. The number of hydrogen-bond donors (Lipinski definition) is 4. The summed E-state index contributed by atoms with van der Waals surface area (Å²) in [6.07, 6.45) is 3.54. The number of hydrogen-bond acceptors (Lipinski definition) is 6. The molecular formula is C17H17N5O5S. The fourth-order valence-corrected chi connectivity index (χ4v) is 3.27. The van der Waals surface area contributed by atoms with Gasteiger partial charge in [0, 0.05) is 11.9 Å². The number of carbonyl (C=O) groups excluding carboxylic acids is 1. The van der Waals surface area contributed by atoms with Crippen molar-refractivity contribution in [2.45, 2.75) is 12.5 Å². The minimum atomic E-state index is -3.43. The predicted molar refractivity (Wildman–Crippen MR) is 101 cm³/mol. The van der Waals surface area contributed by atoms with Crippen LogP contribution in [0, 0.1) is 0 Å². The third-order valence-electron chi connectivity index (χ3n) is 3.87. The number of carbonyl (C=O) groups is 2. The number of aliphatic carboxylic acids is 1. The molecular weight excluding hydrogens is 386 g/mol. The largest absolute Gasteiger partial charge is 0.481 e. The van der Waals surface area contributed by atoms with Crippen LogP contribution in [0.15, 0.2) is 42.9 Å². The van der Waals surface area contributed by atoms with E-state index in [0.717, 1.165) is 6.26 Å². The molecule has 0 spiro atoms. The first-order valence-corrected chi connectivity index (χ1v) is 10.0. The third-order valence-corrected chi connectivity index (χ3v) is 4.48. The van der Waals surface area contributed by atoms with Crippen LogP contribution in [0.5, 0.6) is 0 Å². The molecule has 146 valence electrons. The maximum absolute atomic E-state index is 12.7. The second-order valence-corrected chi connectivity index (χ2v) is 7.83. The first-order chi connectivity index (χ1) is 13.2. The van der Waals surface area contributed by atoms with Gasteiger partial charge < -0.3 is 15.4 Å². The standard InChI is InChI=1S/C17H17N5O5S/c1-28(26,27)22-11-4-2-10(3-5-11)13(8-14(23)24)21-17(25)15-12-6-7-18-16(12)20-9-19-15/h2-7,9,13,22H,8H2,1H3,(H,21,25)(H,23,24)(H,18,19,20)/t13-/m1/s1. The molecule has 0 fully saturated rings. The first-order valence-electron chi connectivity index (χ1n) is 8.11. The molecule has 2 heterocycles. The van der Waals surface area contributed by atoms with Crippen LogP contribution in [-0.4, -0.2) is 46.6 Å². The molecule has 1 aromatic carbocycles. The minimum Gasteiger partial charge on any atom is -0.481 e. The molecule has 4 N–H and O–H groups in total. The molecule has 0 unspecified atom stereocenters. The van der Waals surface area contributed by atoms with Gasteiger partial charge in [-0.1, -0.05) is 12.1 Å². The Balaban J connectivity index is 1.85. The van der Waals surface area contributed by atoms with Gasteiger partial charge in [0.05, 0.1) is 24.1 Å². The van der Waals surface area contributed by atoms with Crippen molar-refractivity contribution in [2.24, 2.45) is 0 Å². The van der Waals surface area contributed by atoms with E-state index in [1.165, 1.54) is 18.5 Å². The highest BCUT2D eigenvalue weighted by Crippen LogP contribution is 2.21. The normalized spacial score (nSPS) is 12.5. The molecule has 0 saturated heterocycles. The van der Waals surface area contributed by atoms with E-state index in [0.29, 0.717) is 22.3 Å². The number of amides is 1. The highest BCUT2D eigenvalue weighted by Gasteiger charge is 2.21. The van der Waals surface area contributed by atoms with E-state index in [4.69, 9.17) is 0 Å². The Morgan fingerprint density at radius 1 is 1.18 bits per heavy atom. The summed E-state index contributed by atoms with van der Waals surface area (Å²) < 4.78 is 24.9. The van der Waals surface area contributed by atoms with Gasteiger partial charge in [-0.25, -0.2) is 18.4 Å². The second-order valence-electron chi connectivity index (χ2n) is 6.08. The lowest BCUT2D eigenvalue weighted by atomic mass is 10.0. The summed E-state index contributed by atoms with van der Waals surface area (Å²) in [5.41, 5.74) is 1.45. The van der Waals surface area contributed by atoms with E-state index < -0.39 is 27.9 Å². The third kappa shape index (κ3) is 4.62. The first kappa shape index (κ1) is 19.3. The zero-order valence-corrected chi connectivity index (χ0v) is 15.5. The van der Waals surface area contributed by atoms with E-state index in [1.54, 1.807) is 24.4 Å². The van der Waals surface area contributed by atoms with Gasteiger partial charge in [0.1, 0.15) is 17.7 Å². The van der Waals surface area contributed by atoms with Crippen LogP contribution in [0.2, 0.25) is 0 Å². The average molecular weight is 403 g/mol. The Labute approximate surface area is 160 Å². The maximum Gasteiger partial charge on any atom is 0.305 e. The lowest BCUT2D eigenvalue weighted by Gasteiger charge is -2.18. The van der Waals surface area contributed by atoms with Crippen molar-refractivity contribution < 1.29 is 23.1 Å². The van der Waals surface area contributed by atoms with E-state index in [-0.39, 0.29) is 12.1 Å². The van der Waals surface area contributed by atoms with Crippen molar-refractivity contribution >= 4 is 38.6 Å². The quantitative estimate of drug-likeness (QED) is 0.463. The van der Waals surface area contributed by atoms with Crippen LogP contribution >= 0.6 is 0 Å². The number of aromatic nitrogens is 3. The van der Waals surface area contributed by atoms with Gasteiger partial charge in [-0.15, -0.1) is 0 Å². The number of nitrogens with zero attached hydrogens (tertiary/aromatic N) is 2. The van der Waals surface area contributed by atoms with Gasteiger partial charge >= 0.3 is 5.97 Å². The Morgan fingerprint density at radius 2 is 1.89 bits per heavy atom.